The zero-order chi connectivity index (χ0) is 7.40. The first-order valence-corrected chi connectivity index (χ1v) is 4.83. The van der Waals surface area contributed by atoms with Crippen molar-refractivity contribution < 1.29 is 0 Å². The molecule has 0 unspecified atom stereocenters. The Morgan fingerprint density at radius 2 is 2.30 bits per heavy atom. The number of rotatable bonds is 1. The minimum atomic E-state index is 0.958. The highest BCUT2D eigenvalue weighted by molar-refractivity contribution is 7.80. The van der Waals surface area contributed by atoms with E-state index in [1.54, 1.807) is 0 Å². The van der Waals surface area contributed by atoms with Gasteiger partial charge in [0.15, 0.2) is 0 Å². The van der Waals surface area contributed by atoms with Crippen molar-refractivity contribution in [3.05, 3.63) is 0 Å². The Morgan fingerprint density at radius 1 is 1.50 bits per heavy atom. The average molecular weight is 170 g/mol. The third-order valence-corrected chi connectivity index (χ3v) is 2.58. The van der Waals surface area contributed by atoms with Gasteiger partial charge in [-0.15, -0.1) is 0 Å². The van der Waals surface area contributed by atoms with Crippen molar-refractivity contribution in [3.63, 3.8) is 0 Å². The number of likely N-dealkylation sites (tertiary alicyclic amines) is 1. The molecule has 3 heteroatoms. The smallest absolute Gasteiger partial charge is 0.0432 e. The third kappa shape index (κ3) is 2.48. The molecule has 0 amide bonds. The molecular weight excluding hydrogens is 158 g/mol. The first kappa shape index (κ1) is 8.36. The number of hydrogen-bond acceptors (Lipinski definition) is 2. The third-order valence-electron chi connectivity index (χ3n) is 1.80. The van der Waals surface area contributed by atoms with E-state index >= 15 is 0 Å². The van der Waals surface area contributed by atoms with E-state index in [0.29, 0.717) is 0 Å². The van der Waals surface area contributed by atoms with Crippen molar-refractivity contribution in [1.82, 2.24) is 4.90 Å². The van der Waals surface area contributed by atoms with Gasteiger partial charge in [0, 0.05) is 21.7 Å². The summed E-state index contributed by atoms with van der Waals surface area (Å²) in [4.78, 5) is 3.56. The molecule has 1 fully saturated rings. The van der Waals surface area contributed by atoms with Crippen LogP contribution in [0.5, 0.6) is 0 Å². The molecule has 0 saturated carbocycles. The van der Waals surface area contributed by atoms with Crippen LogP contribution < -0.4 is 0 Å². The minimum absolute atomic E-state index is 0.958. The summed E-state index contributed by atoms with van der Waals surface area (Å²) >= 11 is 5.17. The standard InChI is InChI=1S/C7H12NSSi/c9-7-3-1-2-4-8(5-7)6-10/h1-6H2. The van der Waals surface area contributed by atoms with Gasteiger partial charge in [0.25, 0.3) is 0 Å². The Labute approximate surface area is 71.2 Å². The van der Waals surface area contributed by atoms with Crippen LogP contribution in [-0.4, -0.2) is 39.3 Å². The van der Waals surface area contributed by atoms with E-state index in [1.807, 2.05) is 0 Å². The van der Waals surface area contributed by atoms with E-state index in [1.165, 1.54) is 24.3 Å². The predicted octanol–water partition coefficient (Wildman–Crippen LogP) is 0.968. The van der Waals surface area contributed by atoms with E-state index in [4.69, 9.17) is 12.2 Å². The van der Waals surface area contributed by atoms with Crippen LogP contribution in [0.3, 0.4) is 0 Å². The van der Waals surface area contributed by atoms with Crippen molar-refractivity contribution in [2.45, 2.75) is 19.3 Å². The maximum atomic E-state index is 5.17. The molecule has 0 aromatic rings. The molecule has 0 bridgehead atoms. The lowest BCUT2D eigenvalue weighted by atomic mass is 10.2. The van der Waals surface area contributed by atoms with Crippen LogP contribution in [0, 0.1) is 0 Å². The van der Waals surface area contributed by atoms with Gasteiger partial charge in [0.1, 0.15) is 0 Å². The quantitative estimate of drug-likeness (QED) is 0.426. The van der Waals surface area contributed by atoms with Gasteiger partial charge in [-0.1, -0.05) is 12.2 Å². The molecule has 1 nitrogen and oxygen atoms in total. The van der Waals surface area contributed by atoms with Gasteiger partial charge in [0.2, 0.25) is 0 Å². The molecule has 0 aliphatic carbocycles. The Morgan fingerprint density at radius 3 is 3.00 bits per heavy atom. The Kier molecular flexibility index (Phi) is 3.52. The molecule has 0 spiro atoms. The molecular formula is C7H12NSSi. The molecule has 0 N–H and O–H groups in total. The fourth-order valence-corrected chi connectivity index (χ4v) is 1.80. The average Bonchev–Trinajstić information content (AvgIpc) is 2.13. The van der Waals surface area contributed by atoms with Gasteiger partial charge in [-0.25, -0.2) is 0 Å². The van der Waals surface area contributed by atoms with E-state index in [2.05, 4.69) is 15.1 Å². The fraction of sp³-hybridized carbons (Fsp3) is 0.857. The van der Waals surface area contributed by atoms with E-state index in [9.17, 15) is 0 Å². The van der Waals surface area contributed by atoms with Crippen LogP contribution in [0.4, 0.5) is 0 Å². The highest BCUT2D eigenvalue weighted by atomic mass is 32.1. The molecule has 1 saturated heterocycles. The largest absolute Gasteiger partial charge is 0.302 e. The van der Waals surface area contributed by atoms with Gasteiger partial charge in [-0.05, 0) is 32.0 Å². The Bertz CT molecular complexity index is 127. The molecule has 0 aromatic carbocycles. The predicted molar refractivity (Wildman–Crippen MR) is 48.6 cm³/mol. The lowest BCUT2D eigenvalue weighted by molar-refractivity contribution is 0.365. The molecule has 3 radical (unpaired) electrons. The second kappa shape index (κ2) is 4.21. The molecule has 1 aliphatic rings. The van der Waals surface area contributed by atoms with Crippen molar-refractivity contribution >= 4 is 27.3 Å². The lowest BCUT2D eigenvalue weighted by Crippen LogP contribution is -2.28. The van der Waals surface area contributed by atoms with Crippen LogP contribution in [-0.2, 0) is 0 Å². The van der Waals surface area contributed by atoms with Crippen LogP contribution in [0.15, 0.2) is 0 Å². The molecule has 10 heavy (non-hydrogen) atoms. The number of hydrogen-bond donors (Lipinski definition) is 0. The summed E-state index contributed by atoms with van der Waals surface area (Å²) < 4.78 is 0. The summed E-state index contributed by atoms with van der Waals surface area (Å²) in [7, 11) is 3.49. The van der Waals surface area contributed by atoms with Crippen molar-refractivity contribution in [1.29, 1.82) is 0 Å². The summed E-state index contributed by atoms with van der Waals surface area (Å²) in [6.45, 7) is 2.21. The summed E-state index contributed by atoms with van der Waals surface area (Å²) in [5.41, 5.74) is 0. The highest BCUT2D eigenvalue weighted by Crippen LogP contribution is 2.06. The summed E-state index contributed by atoms with van der Waals surface area (Å²) in [6, 6.07) is 0. The van der Waals surface area contributed by atoms with Crippen molar-refractivity contribution in [3.8, 4) is 0 Å². The summed E-state index contributed by atoms with van der Waals surface area (Å²) in [5, 5.41) is 0. The Balaban J connectivity index is 2.38. The monoisotopic (exact) mass is 170 g/mol. The van der Waals surface area contributed by atoms with Crippen LogP contribution in [0.1, 0.15) is 19.3 Å². The minimum Gasteiger partial charge on any atom is -0.302 e. The second-order valence-corrected chi connectivity index (χ2v) is 3.60. The van der Waals surface area contributed by atoms with E-state index in [0.717, 1.165) is 19.1 Å². The maximum absolute atomic E-state index is 5.17. The second-order valence-electron chi connectivity index (χ2n) is 2.71. The number of thiocarbonyl (C=S) groups is 1. The van der Waals surface area contributed by atoms with Crippen molar-refractivity contribution in [2.24, 2.45) is 0 Å². The SMILES string of the molecule is [Si]CN1CCCCC(=S)C1. The highest BCUT2D eigenvalue weighted by Gasteiger charge is 2.09. The van der Waals surface area contributed by atoms with Crippen LogP contribution >= 0.6 is 12.2 Å². The molecule has 0 atom stereocenters. The zero-order valence-electron chi connectivity index (χ0n) is 6.10. The van der Waals surface area contributed by atoms with Gasteiger partial charge in [-0.3, -0.25) is 0 Å². The van der Waals surface area contributed by atoms with Crippen LogP contribution in [0.2, 0.25) is 0 Å². The zero-order valence-corrected chi connectivity index (χ0v) is 7.91. The van der Waals surface area contributed by atoms with Gasteiger partial charge in [0.05, 0.1) is 0 Å². The normalized spacial score (nSPS) is 22.7. The summed E-state index contributed by atoms with van der Waals surface area (Å²) in [6.07, 6.45) is 4.68. The first-order valence-electron chi connectivity index (χ1n) is 3.71. The van der Waals surface area contributed by atoms with Crippen LogP contribution in [0.25, 0.3) is 0 Å². The van der Waals surface area contributed by atoms with E-state index < -0.39 is 0 Å². The van der Waals surface area contributed by atoms with Gasteiger partial charge < -0.3 is 4.90 Å². The first-order chi connectivity index (χ1) is 4.83. The number of nitrogens with zero attached hydrogens (tertiary/aromatic N) is 1. The van der Waals surface area contributed by atoms with Gasteiger partial charge in [-0.2, -0.15) is 0 Å². The topological polar surface area (TPSA) is 3.24 Å². The molecule has 1 heterocycles. The Hall–Kier alpha value is 0.267. The summed E-state index contributed by atoms with van der Waals surface area (Å²) in [5.74, 6) is 0. The molecule has 1 aliphatic heterocycles. The molecule has 55 valence electrons. The van der Waals surface area contributed by atoms with Crippen molar-refractivity contribution in [2.75, 3.05) is 19.3 Å². The van der Waals surface area contributed by atoms with E-state index in [-0.39, 0.29) is 0 Å². The molecule has 1 rings (SSSR count). The molecule has 0 aromatic heterocycles. The van der Waals surface area contributed by atoms with Gasteiger partial charge >= 0.3 is 0 Å². The fourth-order valence-electron chi connectivity index (χ4n) is 1.20. The lowest BCUT2D eigenvalue weighted by Gasteiger charge is -2.16. The maximum Gasteiger partial charge on any atom is 0.0432 e.